The molecule has 0 radical (unpaired) electrons. The number of hydrogen-bond donors (Lipinski definition) is 3. The number of aromatic nitrogens is 1. The average molecular weight is 300 g/mol. The summed E-state index contributed by atoms with van der Waals surface area (Å²) >= 11 is 0. The lowest BCUT2D eigenvalue weighted by Gasteiger charge is -2.27. The van der Waals surface area contributed by atoms with Crippen LogP contribution in [0.5, 0.6) is 0 Å². The van der Waals surface area contributed by atoms with Crippen molar-refractivity contribution in [2.75, 3.05) is 13.1 Å². The molecule has 1 aliphatic heterocycles. The molecule has 1 aliphatic rings. The summed E-state index contributed by atoms with van der Waals surface area (Å²) in [6, 6.07) is 2.47. The number of nitrogens with zero attached hydrogens (tertiary/aromatic N) is 2. The zero-order valence-electron chi connectivity index (χ0n) is 10.7. The molecule has 0 spiro atoms. The summed E-state index contributed by atoms with van der Waals surface area (Å²) in [5.74, 6) is -1.25. The third-order valence-corrected chi connectivity index (χ3v) is 4.61. The van der Waals surface area contributed by atoms with Crippen LogP contribution < -0.4 is 10.5 Å². The highest BCUT2D eigenvalue weighted by Gasteiger charge is 2.28. The van der Waals surface area contributed by atoms with Crippen LogP contribution in [0.25, 0.3) is 0 Å². The first kappa shape index (κ1) is 14.9. The van der Waals surface area contributed by atoms with E-state index >= 15 is 0 Å². The molecular weight excluding hydrogens is 284 g/mol. The highest BCUT2D eigenvalue weighted by atomic mass is 32.2. The van der Waals surface area contributed by atoms with E-state index in [1.54, 1.807) is 6.20 Å². The highest BCUT2D eigenvalue weighted by Crippen LogP contribution is 2.18. The SMILES string of the molecule is NC(CNS(=O)(=O)N1CCc2cccnc2C1)C(=O)O. The minimum atomic E-state index is -3.75. The van der Waals surface area contributed by atoms with Gasteiger partial charge in [-0.2, -0.15) is 17.4 Å². The molecule has 1 aromatic heterocycles. The monoisotopic (exact) mass is 300 g/mol. The van der Waals surface area contributed by atoms with E-state index in [9.17, 15) is 13.2 Å². The number of aliphatic carboxylic acids is 1. The molecule has 1 aromatic rings. The fraction of sp³-hybridized carbons (Fsp3) is 0.455. The van der Waals surface area contributed by atoms with Gasteiger partial charge in [-0.15, -0.1) is 0 Å². The smallest absolute Gasteiger partial charge is 0.321 e. The number of carbonyl (C=O) groups is 1. The molecule has 0 saturated heterocycles. The van der Waals surface area contributed by atoms with E-state index in [4.69, 9.17) is 10.8 Å². The Morgan fingerprint density at radius 2 is 2.35 bits per heavy atom. The maximum atomic E-state index is 12.1. The second-order valence-electron chi connectivity index (χ2n) is 4.49. The van der Waals surface area contributed by atoms with E-state index in [0.717, 1.165) is 5.56 Å². The molecule has 2 rings (SSSR count). The molecule has 9 heteroatoms. The Morgan fingerprint density at radius 1 is 1.60 bits per heavy atom. The Hall–Kier alpha value is -1.55. The van der Waals surface area contributed by atoms with Crippen LogP contribution in [0.15, 0.2) is 18.3 Å². The van der Waals surface area contributed by atoms with Crippen LogP contribution in [0.3, 0.4) is 0 Å². The van der Waals surface area contributed by atoms with Crippen LogP contribution in [-0.2, 0) is 28.0 Å². The number of nitrogens with one attached hydrogen (secondary N) is 1. The first-order valence-corrected chi connectivity index (χ1v) is 7.50. The van der Waals surface area contributed by atoms with Crippen molar-refractivity contribution in [3.63, 3.8) is 0 Å². The molecule has 1 unspecified atom stereocenters. The van der Waals surface area contributed by atoms with Crippen LogP contribution in [0.4, 0.5) is 0 Å². The van der Waals surface area contributed by atoms with Gasteiger partial charge in [0.1, 0.15) is 6.04 Å². The number of hydrogen-bond acceptors (Lipinski definition) is 5. The van der Waals surface area contributed by atoms with E-state index in [-0.39, 0.29) is 13.1 Å². The highest BCUT2D eigenvalue weighted by molar-refractivity contribution is 7.87. The molecule has 0 bridgehead atoms. The summed E-state index contributed by atoms with van der Waals surface area (Å²) in [5.41, 5.74) is 7.02. The molecule has 0 saturated carbocycles. The van der Waals surface area contributed by atoms with Crippen molar-refractivity contribution >= 4 is 16.2 Å². The number of carboxylic acid groups (broad SMARTS) is 1. The van der Waals surface area contributed by atoms with E-state index in [1.165, 1.54) is 4.31 Å². The quantitative estimate of drug-likeness (QED) is 0.619. The molecule has 0 aromatic carbocycles. The van der Waals surface area contributed by atoms with E-state index in [0.29, 0.717) is 18.7 Å². The molecule has 20 heavy (non-hydrogen) atoms. The van der Waals surface area contributed by atoms with E-state index < -0.39 is 22.2 Å². The Balaban J connectivity index is 2.03. The predicted molar refractivity (Wildman–Crippen MR) is 70.9 cm³/mol. The molecule has 0 amide bonds. The number of pyridine rings is 1. The number of nitrogens with two attached hydrogens (primary N) is 1. The fourth-order valence-corrected chi connectivity index (χ4v) is 3.11. The normalized spacial score (nSPS) is 17.4. The number of rotatable bonds is 5. The van der Waals surface area contributed by atoms with Crippen LogP contribution in [-0.4, -0.2) is 47.9 Å². The van der Waals surface area contributed by atoms with Crippen molar-refractivity contribution in [3.05, 3.63) is 29.6 Å². The summed E-state index contributed by atoms with van der Waals surface area (Å²) < 4.78 is 27.6. The Morgan fingerprint density at radius 3 is 3.05 bits per heavy atom. The van der Waals surface area contributed by atoms with Gasteiger partial charge in [0.2, 0.25) is 0 Å². The van der Waals surface area contributed by atoms with Gasteiger partial charge in [-0.05, 0) is 18.1 Å². The van der Waals surface area contributed by atoms with Crippen LogP contribution in [0, 0.1) is 0 Å². The third-order valence-electron chi connectivity index (χ3n) is 3.08. The summed E-state index contributed by atoms with van der Waals surface area (Å²) in [4.78, 5) is 14.7. The van der Waals surface area contributed by atoms with Gasteiger partial charge in [0.15, 0.2) is 0 Å². The van der Waals surface area contributed by atoms with Crippen molar-refractivity contribution in [1.82, 2.24) is 14.0 Å². The molecule has 1 atom stereocenters. The standard InChI is InChI=1S/C11H16N4O4S/c12-9(11(16)17)6-14-20(18,19)15-5-3-8-2-1-4-13-10(8)7-15/h1-2,4,9,14H,3,5-7,12H2,(H,16,17). The van der Waals surface area contributed by atoms with Gasteiger partial charge in [0.25, 0.3) is 10.2 Å². The number of fused-ring (bicyclic) bond motifs is 1. The summed E-state index contributed by atoms with van der Waals surface area (Å²) in [5, 5.41) is 8.64. The van der Waals surface area contributed by atoms with Gasteiger partial charge < -0.3 is 10.8 Å². The maximum absolute atomic E-state index is 12.1. The first-order chi connectivity index (χ1) is 9.40. The Kier molecular flexibility index (Phi) is 4.33. The Labute approximate surface area is 116 Å². The van der Waals surface area contributed by atoms with Gasteiger partial charge in [-0.1, -0.05) is 6.07 Å². The van der Waals surface area contributed by atoms with Crippen molar-refractivity contribution in [2.45, 2.75) is 19.0 Å². The molecule has 8 nitrogen and oxygen atoms in total. The van der Waals surface area contributed by atoms with Crippen molar-refractivity contribution < 1.29 is 18.3 Å². The molecule has 0 fully saturated rings. The van der Waals surface area contributed by atoms with Crippen molar-refractivity contribution in [3.8, 4) is 0 Å². The summed E-state index contributed by atoms with van der Waals surface area (Å²) in [6.07, 6.45) is 2.19. The lowest BCUT2D eigenvalue weighted by Crippen LogP contribution is -2.48. The molecule has 2 heterocycles. The zero-order valence-corrected chi connectivity index (χ0v) is 11.5. The minimum absolute atomic E-state index is 0.174. The first-order valence-electron chi connectivity index (χ1n) is 6.06. The molecule has 0 aliphatic carbocycles. The zero-order chi connectivity index (χ0) is 14.8. The predicted octanol–water partition coefficient (Wildman–Crippen LogP) is -1.31. The van der Waals surface area contributed by atoms with E-state index in [1.807, 2.05) is 12.1 Å². The van der Waals surface area contributed by atoms with Crippen LogP contribution >= 0.6 is 0 Å². The topological polar surface area (TPSA) is 126 Å². The fourth-order valence-electron chi connectivity index (χ4n) is 1.91. The van der Waals surface area contributed by atoms with Gasteiger partial charge in [-0.3, -0.25) is 9.78 Å². The summed E-state index contributed by atoms with van der Waals surface area (Å²) in [7, 11) is -3.75. The van der Waals surface area contributed by atoms with Gasteiger partial charge >= 0.3 is 5.97 Å². The number of carboxylic acids is 1. The lowest BCUT2D eigenvalue weighted by molar-refractivity contribution is -0.138. The molecular formula is C11H16N4O4S. The second-order valence-corrected chi connectivity index (χ2v) is 6.25. The molecule has 110 valence electrons. The van der Waals surface area contributed by atoms with Crippen molar-refractivity contribution in [1.29, 1.82) is 0 Å². The third kappa shape index (κ3) is 3.31. The van der Waals surface area contributed by atoms with Crippen molar-refractivity contribution in [2.24, 2.45) is 5.73 Å². The van der Waals surface area contributed by atoms with E-state index in [2.05, 4.69) is 9.71 Å². The molecule has 4 N–H and O–H groups in total. The summed E-state index contributed by atoms with van der Waals surface area (Å²) in [6.45, 7) is 0.160. The minimum Gasteiger partial charge on any atom is -0.480 e. The largest absolute Gasteiger partial charge is 0.480 e. The van der Waals surface area contributed by atoms with Crippen LogP contribution in [0.1, 0.15) is 11.3 Å². The second kappa shape index (κ2) is 5.83. The lowest BCUT2D eigenvalue weighted by atomic mass is 10.1. The average Bonchev–Trinajstić information content (AvgIpc) is 2.44. The van der Waals surface area contributed by atoms with Gasteiger partial charge in [-0.25, -0.2) is 0 Å². The van der Waals surface area contributed by atoms with Gasteiger partial charge in [0.05, 0.1) is 12.2 Å². The Bertz CT molecular complexity index is 604. The maximum Gasteiger partial charge on any atom is 0.321 e. The van der Waals surface area contributed by atoms with Gasteiger partial charge in [0, 0.05) is 19.3 Å². The van der Waals surface area contributed by atoms with Crippen LogP contribution in [0.2, 0.25) is 0 Å².